The van der Waals surface area contributed by atoms with Gasteiger partial charge < -0.3 is 14.8 Å². The van der Waals surface area contributed by atoms with Crippen LogP contribution in [0.1, 0.15) is 30.5 Å². The zero-order valence-corrected chi connectivity index (χ0v) is 17.9. The molecule has 0 aliphatic carbocycles. The Hall–Kier alpha value is -3.27. The van der Waals surface area contributed by atoms with E-state index >= 15 is 0 Å². The smallest absolute Gasteiger partial charge is 0.258 e. The number of carbonyl (C=O) groups is 1. The first kappa shape index (κ1) is 21.4. The highest BCUT2D eigenvalue weighted by Crippen LogP contribution is 2.32. The third kappa shape index (κ3) is 5.86. The second-order valence-corrected chi connectivity index (χ2v) is 7.82. The van der Waals surface area contributed by atoms with Crippen LogP contribution in [0.4, 0.5) is 0 Å². The SMILES string of the molecule is Cc1ccc(OCCNC(=O)COc2ccc(C(C)(C)c3ccccc3)cc2)cc1. The lowest BCUT2D eigenvalue weighted by Gasteiger charge is -2.26. The number of aryl methyl sites for hydroxylation is 1. The van der Waals surface area contributed by atoms with Crippen LogP contribution in [0.25, 0.3) is 0 Å². The fraction of sp³-hybridized carbons (Fsp3) is 0.269. The van der Waals surface area contributed by atoms with Gasteiger partial charge in [-0.25, -0.2) is 0 Å². The van der Waals surface area contributed by atoms with Crippen molar-refractivity contribution in [2.24, 2.45) is 0 Å². The van der Waals surface area contributed by atoms with Gasteiger partial charge in [0, 0.05) is 5.41 Å². The van der Waals surface area contributed by atoms with E-state index in [4.69, 9.17) is 9.47 Å². The largest absolute Gasteiger partial charge is 0.492 e. The fourth-order valence-electron chi connectivity index (χ4n) is 3.18. The summed E-state index contributed by atoms with van der Waals surface area (Å²) in [5.74, 6) is 1.30. The quantitative estimate of drug-likeness (QED) is 0.517. The van der Waals surface area contributed by atoms with Crippen molar-refractivity contribution >= 4 is 5.91 Å². The number of ether oxygens (including phenoxy) is 2. The van der Waals surface area contributed by atoms with E-state index in [1.54, 1.807) is 0 Å². The summed E-state index contributed by atoms with van der Waals surface area (Å²) in [6.45, 7) is 7.25. The molecule has 156 valence electrons. The Morgan fingerprint density at radius 1 is 0.800 bits per heavy atom. The van der Waals surface area contributed by atoms with Crippen LogP contribution in [0.3, 0.4) is 0 Å². The van der Waals surface area contributed by atoms with Gasteiger partial charge in [0.2, 0.25) is 0 Å². The van der Waals surface area contributed by atoms with Crippen molar-refractivity contribution < 1.29 is 14.3 Å². The van der Waals surface area contributed by atoms with Crippen LogP contribution in [-0.2, 0) is 10.2 Å². The minimum atomic E-state index is -0.170. The Morgan fingerprint density at radius 3 is 2.03 bits per heavy atom. The summed E-state index contributed by atoms with van der Waals surface area (Å²) in [4.78, 5) is 12.0. The van der Waals surface area contributed by atoms with Crippen LogP contribution in [0, 0.1) is 6.92 Å². The van der Waals surface area contributed by atoms with E-state index in [0.717, 1.165) is 5.75 Å². The molecule has 0 unspecified atom stereocenters. The maximum atomic E-state index is 12.0. The maximum absolute atomic E-state index is 12.0. The van der Waals surface area contributed by atoms with Gasteiger partial charge in [0.25, 0.3) is 5.91 Å². The molecular formula is C26H29NO3. The van der Waals surface area contributed by atoms with E-state index in [1.165, 1.54) is 16.7 Å². The Morgan fingerprint density at radius 2 is 1.37 bits per heavy atom. The van der Waals surface area contributed by atoms with Gasteiger partial charge in [0.1, 0.15) is 18.1 Å². The lowest BCUT2D eigenvalue weighted by atomic mass is 9.78. The monoisotopic (exact) mass is 403 g/mol. The molecule has 3 aromatic carbocycles. The highest BCUT2D eigenvalue weighted by molar-refractivity contribution is 5.77. The molecule has 0 heterocycles. The molecule has 0 bridgehead atoms. The van der Waals surface area contributed by atoms with Crippen molar-refractivity contribution in [3.8, 4) is 11.5 Å². The second-order valence-electron chi connectivity index (χ2n) is 7.82. The van der Waals surface area contributed by atoms with Crippen LogP contribution in [0.2, 0.25) is 0 Å². The Kier molecular flexibility index (Phi) is 7.12. The van der Waals surface area contributed by atoms with Gasteiger partial charge in [-0.05, 0) is 42.3 Å². The van der Waals surface area contributed by atoms with Gasteiger partial charge in [-0.1, -0.05) is 74.0 Å². The average Bonchev–Trinajstić information content (AvgIpc) is 2.77. The summed E-state index contributed by atoms with van der Waals surface area (Å²) in [7, 11) is 0. The molecule has 30 heavy (non-hydrogen) atoms. The zero-order chi connectivity index (χ0) is 21.4. The molecule has 0 saturated heterocycles. The van der Waals surface area contributed by atoms with Crippen LogP contribution < -0.4 is 14.8 Å². The average molecular weight is 404 g/mol. The summed E-state index contributed by atoms with van der Waals surface area (Å²) in [5.41, 5.74) is 3.53. The number of hydrogen-bond acceptors (Lipinski definition) is 3. The number of hydrogen-bond donors (Lipinski definition) is 1. The molecule has 4 heteroatoms. The molecule has 1 amide bonds. The van der Waals surface area contributed by atoms with Crippen molar-refractivity contribution in [2.75, 3.05) is 19.8 Å². The molecule has 0 radical (unpaired) electrons. The number of benzene rings is 3. The van der Waals surface area contributed by atoms with Crippen molar-refractivity contribution in [1.82, 2.24) is 5.32 Å². The van der Waals surface area contributed by atoms with E-state index in [0.29, 0.717) is 18.9 Å². The highest BCUT2D eigenvalue weighted by atomic mass is 16.5. The molecular weight excluding hydrogens is 374 g/mol. The lowest BCUT2D eigenvalue weighted by Crippen LogP contribution is -2.32. The molecule has 0 spiro atoms. The molecule has 0 atom stereocenters. The molecule has 3 aromatic rings. The Bertz CT molecular complexity index is 932. The topological polar surface area (TPSA) is 47.6 Å². The zero-order valence-electron chi connectivity index (χ0n) is 17.9. The molecule has 0 aliphatic rings. The van der Waals surface area contributed by atoms with E-state index in [2.05, 4.69) is 55.6 Å². The first-order chi connectivity index (χ1) is 14.4. The molecule has 0 aromatic heterocycles. The number of rotatable bonds is 9. The van der Waals surface area contributed by atoms with Gasteiger partial charge in [0.15, 0.2) is 6.61 Å². The van der Waals surface area contributed by atoms with Crippen molar-refractivity contribution in [1.29, 1.82) is 0 Å². The van der Waals surface area contributed by atoms with Gasteiger partial charge in [0.05, 0.1) is 6.54 Å². The lowest BCUT2D eigenvalue weighted by molar-refractivity contribution is -0.123. The Labute approximate surface area is 178 Å². The maximum Gasteiger partial charge on any atom is 0.258 e. The minimum Gasteiger partial charge on any atom is -0.492 e. The van der Waals surface area contributed by atoms with Gasteiger partial charge in [-0.15, -0.1) is 0 Å². The number of nitrogens with one attached hydrogen (secondary N) is 1. The van der Waals surface area contributed by atoms with Crippen LogP contribution >= 0.6 is 0 Å². The normalized spacial score (nSPS) is 11.0. The van der Waals surface area contributed by atoms with Crippen molar-refractivity contribution in [3.05, 3.63) is 95.6 Å². The Balaban J connectivity index is 1.42. The third-order valence-corrected chi connectivity index (χ3v) is 5.16. The summed E-state index contributed by atoms with van der Waals surface area (Å²) in [5, 5.41) is 2.80. The predicted molar refractivity (Wildman–Crippen MR) is 120 cm³/mol. The van der Waals surface area contributed by atoms with E-state index in [1.807, 2.05) is 49.4 Å². The highest BCUT2D eigenvalue weighted by Gasteiger charge is 2.22. The molecule has 3 rings (SSSR count). The molecule has 0 saturated carbocycles. The van der Waals surface area contributed by atoms with E-state index in [-0.39, 0.29) is 17.9 Å². The molecule has 1 N–H and O–H groups in total. The van der Waals surface area contributed by atoms with E-state index in [9.17, 15) is 4.79 Å². The minimum absolute atomic E-state index is 0.0219. The van der Waals surface area contributed by atoms with Gasteiger partial charge in [-0.2, -0.15) is 0 Å². The number of amides is 1. The molecule has 4 nitrogen and oxygen atoms in total. The number of carbonyl (C=O) groups excluding carboxylic acids is 1. The predicted octanol–water partition coefficient (Wildman–Crippen LogP) is 4.89. The van der Waals surface area contributed by atoms with Crippen LogP contribution in [-0.4, -0.2) is 25.7 Å². The molecule has 0 fully saturated rings. The standard InChI is InChI=1S/C26H29NO3/c1-20-9-13-23(14-10-20)29-18-17-27-25(28)19-30-24-15-11-22(12-16-24)26(2,3)21-7-5-4-6-8-21/h4-16H,17-19H2,1-3H3,(H,27,28). The summed E-state index contributed by atoms with van der Waals surface area (Å²) in [6.07, 6.45) is 0. The summed E-state index contributed by atoms with van der Waals surface area (Å²) >= 11 is 0. The first-order valence-electron chi connectivity index (χ1n) is 10.2. The van der Waals surface area contributed by atoms with Crippen LogP contribution in [0.15, 0.2) is 78.9 Å². The summed E-state index contributed by atoms with van der Waals surface area (Å²) < 4.78 is 11.2. The first-order valence-corrected chi connectivity index (χ1v) is 10.2. The van der Waals surface area contributed by atoms with Crippen molar-refractivity contribution in [3.63, 3.8) is 0 Å². The van der Waals surface area contributed by atoms with Gasteiger partial charge >= 0.3 is 0 Å². The second kappa shape index (κ2) is 9.97. The fourth-order valence-corrected chi connectivity index (χ4v) is 3.18. The third-order valence-electron chi connectivity index (χ3n) is 5.16. The molecule has 0 aliphatic heterocycles. The van der Waals surface area contributed by atoms with Crippen LogP contribution in [0.5, 0.6) is 11.5 Å². The summed E-state index contributed by atoms with van der Waals surface area (Å²) in [6, 6.07) is 26.2. The van der Waals surface area contributed by atoms with Gasteiger partial charge in [-0.3, -0.25) is 4.79 Å². The van der Waals surface area contributed by atoms with Crippen molar-refractivity contribution in [2.45, 2.75) is 26.2 Å². The van der Waals surface area contributed by atoms with E-state index < -0.39 is 0 Å².